The van der Waals surface area contributed by atoms with Crippen LogP contribution in [0, 0.1) is 69.2 Å². The first-order valence-corrected chi connectivity index (χ1v) is 9.79. The summed E-state index contributed by atoms with van der Waals surface area (Å²) in [5.74, 6) is 1.62. The molecule has 3 aromatic rings. The fourth-order valence-electron chi connectivity index (χ4n) is 3.75. The average molecular weight is 375 g/mol. The van der Waals surface area contributed by atoms with Gasteiger partial charge in [0.1, 0.15) is 0 Å². The Morgan fingerprint density at radius 3 is 0.750 bits per heavy atom. The molecule has 0 N–H and O–H groups in total. The summed E-state index contributed by atoms with van der Waals surface area (Å²) in [6, 6.07) is 0. The molecular formula is C24H30N4. The Hall–Kier alpha value is -2.62. The SMILES string of the molecule is Cc1nc(-c2c(C)c(C)c(-c3nc(C)c(C)c(C)n3)c(C)c2C)nc(C)c1C. The highest BCUT2D eigenvalue weighted by Gasteiger charge is 2.21. The van der Waals surface area contributed by atoms with Crippen molar-refractivity contribution in [3.8, 4) is 22.8 Å². The maximum Gasteiger partial charge on any atom is 0.160 e. The minimum absolute atomic E-state index is 0.811. The van der Waals surface area contributed by atoms with Gasteiger partial charge in [-0.25, -0.2) is 19.9 Å². The van der Waals surface area contributed by atoms with Crippen LogP contribution >= 0.6 is 0 Å². The Morgan fingerprint density at radius 1 is 0.321 bits per heavy atom. The maximum atomic E-state index is 4.81. The second-order valence-electron chi connectivity index (χ2n) is 7.94. The molecule has 146 valence electrons. The van der Waals surface area contributed by atoms with E-state index in [-0.39, 0.29) is 0 Å². The number of rotatable bonds is 2. The molecule has 2 heterocycles. The number of hydrogen-bond acceptors (Lipinski definition) is 4. The van der Waals surface area contributed by atoms with Crippen molar-refractivity contribution in [1.82, 2.24) is 19.9 Å². The lowest BCUT2D eigenvalue weighted by molar-refractivity contribution is 1.00. The molecule has 0 unspecified atom stereocenters. The molecular weight excluding hydrogens is 344 g/mol. The number of benzene rings is 1. The minimum atomic E-state index is 0.811. The molecule has 28 heavy (non-hydrogen) atoms. The van der Waals surface area contributed by atoms with E-state index < -0.39 is 0 Å². The lowest BCUT2D eigenvalue weighted by atomic mass is 9.88. The molecule has 0 aliphatic heterocycles. The lowest BCUT2D eigenvalue weighted by Crippen LogP contribution is -2.07. The van der Waals surface area contributed by atoms with Crippen molar-refractivity contribution in [1.29, 1.82) is 0 Å². The van der Waals surface area contributed by atoms with Crippen LogP contribution in [0.3, 0.4) is 0 Å². The summed E-state index contributed by atoms with van der Waals surface area (Å²) in [5.41, 5.74) is 13.5. The van der Waals surface area contributed by atoms with E-state index in [1.54, 1.807) is 0 Å². The van der Waals surface area contributed by atoms with E-state index in [2.05, 4.69) is 69.2 Å². The molecule has 3 rings (SSSR count). The van der Waals surface area contributed by atoms with E-state index in [0.717, 1.165) is 56.7 Å². The van der Waals surface area contributed by atoms with E-state index >= 15 is 0 Å². The molecule has 0 saturated heterocycles. The molecule has 0 aliphatic rings. The zero-order valence-electron chi connectivity index (χ0n) is 18.8. The topological polar surface area (TPSA) is 51.6 Å². The molecule has 0 atom stereocenters. The van der Waals surface area contributed by atoms with Crippen LogP contribution < -0.4 is 0 Å². The van der Waals surface area contributed by atoms with Gasteiger partial charge in [0.15, 0.2) is 11.6 Å². The third kappa shape index (κ3) is 3.11. The number of aryl methyl sites for hydroxylation is 4. The van der Waals surface area contributed by atoms with Gasteiger partial charge in [-0.1, -0.05) is 0 Å². The van der Waals surface area contributed by atoms with Crippen LogP contribution in [0.15, 0.2) is 0 Å². The average Bonchev–Trinajstić information content (AvgIpc) is 2.62. The third-order valence-corrected chi connectivity index (χ3v) is 6.34. The highest BCUT2D eigenvalue weighted by Crippen LogP contribution is 2.37. The summed E-state index contributed by atoms with van der Waals surface area (Å²) < 4.78 is 0. The normalized spacial score (nSPS) is 11.2. The van der Waals surface area contributed by atoms with Crippen LogP contribution in [-0.2, 0) is 0 Å². The molecule has 0 bridgehead atoms. The molecule has 1 aromatic carbocycles. The Balaban J connectivity index is 2.32. The number of hydrogen-bond donors (Lipinski definition) is 0. The monoisotopic (exact) mass is 374 g/mol. The molecule has 0 radical (unpaired) electrons. The highest BCUT2D eigenvalue weighted by atomic mass is 14.9. The Morgan fingerprint density at radius 2 is 0.536 bits per heavy atom. The Kier molecular flexibility index (Phi) is 5.09. The van der Waals surface area contributed by atoms with E-state index in [1.807, 2.05) is 0 Å². The Bertz CT molecular complexity index is 947. The van der Waals surface area contributed by atoms with Gasteiger partial charge in [0, 0.05) is 33.9 Å². The molecule has 0 fully saturated rings. The van der Waals surface area contributed by atoms with Crippen LogP contribution in [0.5, 0.6) is 0 Å². The summed E-state index contributed by atoms with van der Waals surface area (Å²) in [6.07, 6.45) is 0. The highest BCUT2D eigenvalue weighted by molar-refractivity contribution is 5.78. The van der Waals surface area contributed by atoms with E-state index in [0.29, 0.717) is 0 Å². The van der Waals surface area contributed by atoms with Crippen LogP contribution in [0.4, 0.5) is 0 Å². The van der Waals surface area contributed by atoms with Crippen molar-refractivity contribution in [3.05, 3.63) is 56.2 Å². The van der Waals surface area contributed by atoms with Gasteiger partial charge in [0.05, 0.1) is 0 Å². The minimum Gasteiger partial charge on any atom is -0.233 e. The van der Waals surface area contributed by atoms with Crippen LogP contribution in [-0.4, -0.2) is 19.9 Å². The largest absolute Gasteiger partial charge is 0.233 e. The van der Waals surface area contributed by atoms with E-state index in [9.17, 15) is 0 Å². The molecule has 0 amide bonds. The lowest BCUT2D eigenvalue weighted by Gasteiger charge is -2.20. The smallest absolute Gasteiger partial charge is 0.160 e. The summed E-state index contributed by atoms with van der Waals surface area (Å²) in [5, 5.41) is 0. The van der Waals surface area contributed by atoms with Crippen LogP contribution in [0.2, 0.25) is 0 Å². The van der Waals surface area contributed by atoms with Gasteiger partial charge in [-0.2, -0.15) is 0 Å². The van der Waals surface area contributed by atoms with Gasteiger partial charge in [0.25, 0.3) is 0 Å². The quantitative estimate of drug-likeness (QED) is 0.578. The first kappa shape index (κ1) is 20.1. The Labute approximate surface area is 168 Å². The van der Waals surface area contributed by atoms with Crippen molar-refractivity contribution in [2.75, 3.05) is 0 Å². The first-order valence-electron chi connectivity index (χ1n) is 9.79. The second-order valence-corrected chi connectivity index (χ2v) is 7.94. The first-order chi connectivity index (χ1) is 13.0. The number of aromatic nitrogens is 4. The molecule has 0 aliphatic carbocycles. The van der Waals surface area contributed by atoms with Crippen molar-refractivity contribution < 1.29 is 0 Å². The molecule has 4 nitrogen and oxygen atoms in total. The van der Waals surface area contributed by atoms with Gasteiger partial charge in [-0.05, 0) is 103 Å². The summed E-state index contributed by atoms with van der Waals surface area (Å²) in [4.78, 5) is 19.2. The predicted molar refractivity (Wildman–Crippen MR) is 116 cm³/mol. The summed E-state index contributed by atoms with van der Waals surface area (Å²) in [6.45, 7) is 21.0. The zero-order valence-corrected chi connectivity index (χ0v) is 18.8. The fourth-order valence-corrected chi connectivity index (χ4v) is 3.75. The van der Waals surface area contributed by atoms with Gasteiger partial charge >= 0.3 is 0 Å². The molecule has 0 saturated carbocycles. The second kappa shape index (κ2) is 7.08. The van der Waals surface area contributed by atoms with Crippen LogP contribution in [0.25, 0.3) is 22.8 Å². The molecule has 0 spiro atoms. The number of nitrogens with zero attached hydrogens (tertiary/aromatic N) is 4. The zero-order chi connectivity index (χ0) is 20.9. The summed E-state index contributed by atoms with van der Waals surface area (Å²) >= 11 is 0. The van der Waals surface area contributed by atoms with E-state index in [1.165, 1.54) is 22.3 Å². The van der Waals surface area contributed by atoms with Gasteiger partial charge < -0.3 is 0 Å². The van der Waals surface area contributed by atoms with Crippen molar-refractivity contribution >= 4 is 0 Å². The predicted octanol–water partition coefficient (Wildman–Crippen LogP) is 5.68. The third-order valence-electron chi connectivity index (χ3n) is 6.34. The standard InChI is InChI=1S/C24H30N4/c1-11-12(2)22(24-27-19(9)16(6)20(10)28-24)14(4)13(3)21(11)23-25-17(7)15(5)18(8)26-23/h1-10H3. The van der Waals surface area contributed by atoms with Crippen molar-refractivity contribution in [3.63, 3.8) is 0 Å². The van der Waals surface area contributed by atoms with Gasteiger partial charge in [0.2, 0.25) is 0 Å². The molecule has 4 heteroatoms. The molecule has 2 aromatic heterocycles. The maximum absolute atomic E-state index is 4.81. The van der Waals surface area contributed by atoms with Crippen molar-refractivity contribution in [2.45, 2.75) is 69.2 Å². The van der Waals surface area contributed by atoms with Crippen LogP contribution in [0.1, 0.15) is 56.2 Å². The van der Waals surface area contributed by atoms with E-state index in [4.69, 9.17) is 19.9 Å². The van der Waals surface area contributed by atoms with Gasteiger partial charge in [-0.15, -0.1) is 0 Å². The van der Waals surface area contributed by atoms with Crippen molar-refractivity contribution in [2.24, 2.45) is 0 Å². The van der Waals surface area contributed by atoms with Gasteiger partial charge in [-0.3, -0.25) is 0 Å². The summed E-state index contributed by atoms with van der Waals surface area (Å²) in [7, 11) is 0. The fraction of sp³-hybridized carbons (Fsp3) is 0.417.